The maximum Gasteiger partial charge on any atom is 0.307 e. The van der Waals surface area contributed by atoms with E-state index in [1.165, 1.54) is 7.11 Å². The number of benzene rings is 1. The van der Waals surface area contributed by atoms with Crippen molar-refractivity contribution in [3.63, 3.8) is 0 Å². The Balaban J connectivity index is 1.81. The Morgan fingerprint density at radius 3 is 2.58 bits per heavy atom. The molecule has 2 N–H and O–H groups in total. The number of methoxy groups -OCH3 is 1. The summed E-state index contributed by atoms with van der Waals surface area (Å²) in [4.78, 5) is 37.7. The van der Waals surface area contributed by atoms with Gasteiger partial charge in [0.15, 0.2) is 0 Å². The van der Waals surface area contributed by atoms with Gasteiger partial charge in [-0.3, -0.25) is 14.4 Å². The second-order valence-corrected chi connectivity index (χ2v) is 6.52. The summed E-state index contributed by atoms with van der Waals surface area (Å²) in [7, 11) is 1.53. The van der Waals surface area contributed by atoms with Crippen LogP contribution in [0.1, 0.15) is 25.7 Å². The van der Waals surface area contributed by atoms with Crippen molar-refractivity contribution in [2.24, 2.45) is 11.8 Å². The lowest BCUT2D eigenvalue weighted by atomic mass is 9.82. The van der Waals surface area contributed by atoms with Crippen LogP contribution < -0.4 is 15.0 Å². The summed E-state index contributed by atoms with van der Waals surface area (Å²) in [5.41, 5.74) is 1.13. The van der Waals surface area contributed by atoms with Gasteiger partial charge in [0.1, 0.15) is 5.75 Å². The number of rotatable bonds is 5. The number of nitrogens with zero attached hydrogens (tertiary/aromatic N) is 1. The molecule has 1 saturated heterocycles. The van der Waals surface area contributed by atoms with Crippen LogP contribution in [-0.2, 0) is 14.4 Å². The van der Waals surface area contributed by atoms with Crippen molar-refractivity contribution in [1.29, 1.82) is 0 Å². The fourth-order valence-electron chi connectivity index (χ4n) is 3.49. The lowest BCUT2D eigenvalue weighted by molar-refractivity contribution is -0.146. The highest BCUT2D eigenvalue weighted by Crippen LogP contribution is 2.35. The third kappa shape index (κ3) is 3.56. The Hall–Kier alpha value is -2.83. The van der Waals surface area contributed by atoms with Crippen LogP contribution in [0.4, 0.5) is 11.4 Å². The Bertz CT molecular complexity index is 758. The van der Waals surface area contributed by atoms with Gasteiger partial charge in [0, 0.05) is 18.7 Å². The van der Waals surface area contributed by atoms with Crippen LogP contribution in [0.2, 0.25) is 0 Å². The summed E-state index contributed by atoms with van der Waals surface area (Å²) >= 11 is 0. The van der Waals surface area contributed by atoms with Gasteiger partial charge >= 0.3 is 5.97 Å². The first-order valence-electron chi connectivity index (χ1n) is 8.68. The number of anilines is 2. The van der Waals surface area contributed by atoms with E-state index in [4.69, 9.17) is 4.74 Å². The standard InChI is InChI=1S/C19H22N2O5/c1-26-16-9-8-12(11-15(16)21-10-4-7-17(21)22)20-18(23)13-5-2-3-6-14(13)19(24)25/h2-3,8-9,11,13-14H,4-7,10H2,1H3,(H,20,23)(H,24,25)/t13-,14-/m0/s1. The number of carboxylic acids is 1. The molecule has 0 aromatic heterocycles. The van der Waals surface area contributed by atoms with Crippen molar-refractivity contribution < 1.29 is 24.2 Å². The van der Waals surface area contributed by atoms with E-state index in [0.29, 0.717) is 42.9 Å². The molecule has 0 unspecified atom stereocenters. The Kier molecular flexibility index (Phi) is 5.25. The summed E-state index contributed by atoms with van der Waals surface area (Å²) in [6.07, 6.45) is 5.67. The van der Waals surface area contributed by atoms with E-state index in [-0.39, 0.29) is 11.8 Å². The molecule has 1 fully saturated rings. The lowest BCUT2D eigenvalue weighted by Crippen LogP contribution is -2.34. The maximum atomic E-state index is 12.6. The number of carbonyl (C=O) groups excluding carboxylic acids is 2. The molecule has 0 radical (unpaired) electrons. The number of allylic oxidation sites excluding steroid dienone is 2. The zero-order valence-electron chi connectivity index (χ0n) is 14.6. The topological polar surface area (TPSA) is 95.9 Å². The Morgan fingerprint density at radius 1 is 1.23 bits per heavy atom. The van der Waals surface area contributed by atoms with Gasteiger partial charge in [-0.1, -0.05) is 12.2 Å². The van der Waals surface area contributed by atoms with Crippen molar-refractivity contribution in [2.75, 3.05) is 23.9 Å². The summed E-state index contributed by atoms with van der Waals surface area (Å²) < 4.78 is 5.34. The van der Waals surface area contributed by atoms with Gasteiger partial charge in [-0.05, 0) is 37.5 Å². The molecule has 26 heavy (non-hydrogen) atoms. The highest BCUT2D eigenvalue weighted by atomic mass is 16.5. The molecule has 1 aromatic rings. The molecule has 138 valence electrons. The first-order chi connectivity index (χ1) is 12.5. The van der Waals surface area contributed by atoms with Gasteiger partial charge in [-0.25, -0.2) is 0 Å². The summed E-state index contributed by atoms with van der Waals surface area (Å²) in [5, 5.41) is 12.1. The van der Waals surface area contributed by atoms with Gasteiger partial charge < -0.3 is 20.1 Å². The number of amides is 2. The van der Waals surface area contributed by atoms with Gasteiger partial charge in [0.25, 0.3) is 0 Å². The Labute approximate surface area is 151 Å². The zero-order chi connectivity index (χ0) is 18.7. The van der Waals surface area contributed by atoms with Gasteiger partial charge in [-0.2, -0.15) is 0 Å². The predicted molar refractivity (Wildman–Crippen MR) is 96.2 cm³/mol. The fraction of sp³-hybridized carbons (Fsp3) is 0.421. The minimum absolute atomic E-state index is 0.0233. The number of carboxylic acid groups (broad SMARTS) is 1. The van der Waals surface area contributed by atoms with Crippen LogP contribution >= 0.6 is 0 Å². The molecule has 2 amide bonds. The molecule has 3 rings (SSSR count). The molecule has 2 atom stereocenters. The van der Waals surface area contributed by atoms with Crippen LogP contribution in [0, 0.1) is 11.8 Å². The molecule has 0 bridgehead atoms. The fourth-order valence-corrected chi connectivity index (χ4v) is 3.49. The van der Waals surface area contributed by atoms with E-state index >= 15 is 0 Å². The van der Waals surface area contributed by atoms with E-state index in [2.05, 4.69) is 5.32 Å². The summed E-state index contributed by atoms with van der Waals surface area (Å²) in [5.74, 6) is -2.05. The average molecular weight is 358 g/mol. The number of aliphatic carboxylic acids is 1. The van der Waals surface area contributed by atoms with Gasteiger partial charge in [-0.15, -0.1) is 0 Å². The number of nitrogens with one attached hydrogen (secondary N) is 1. The smallest absolute Gasteiger partial charge is 0.307 e. The van der Waals surface area contributed by atoms with Crippen LogP contribution in [0.3, 0.4) is 0 Å². The van der Waals surface area contributed by atoms with Crippen molar-refractivity contribution >= 4 is 29.2 Å². The SMILES string of the molecule is COc1ccc(NC(=O)[C@H]2CC=CC[C@@H]2C(=O)O)cc1N1CCCC1=O. The molecule has 1 aliphatic carbocycles. The van der Waals surface area contributed by atoms with Crippen molar-refractivity contribution in [3.05, 3.63) is 30.4 Å². The molecule has 7 heteroatoms. The quantitative estimate of drug-likeness (QED) is 0.788. The van der Waals surface area contributed by atoms with Crippen molar-refractivity contribution in [1.82, 2.24) is 0 Å². The third-order valence-electron chi connectivity index (χ3n) is 4.90. The molecule has 2 aliphatic rings. The number of ether oxygens (including phenoxy) is 1. The first kappa shape index (κ1) is 18.0. The molecule has 0 saturated carbocycles. The van der Waals surface area contributed by atoms with Crippen LogP contribution in [-0.4, -0.2) is 36.5 Å². The molecule has 7 nitrogen and oxygen atoms in total. The highest BCUT2D eigenvalue weighted by Gasteiger charge is 2.34. The molecule has 1 aromatic carbocycles. The molecule has 1 aliphatic heterocycles. The third-order valence-corrected chi connectivity index (χ3v) is 4.90. The molecular formula is C19H22N2O5. The van der Waals surface area contributed by atoms with Crippen LogP contribution in [0.25, 0.3) is 0 Å². The Morgan fingerprint density at radius 2 is 1.96 bits per heavy atom. The van der Waals surface area contributed by atoms with Crippen LogP contribution in [0.5, 0.6) is 5.75 Å². The monoisotopic (exact) mass is 358 g/mol. The van der Waals surface area contributed by atoms with E-state index in [0.717, 1.165) is 6.42 Å². The maximum absolute atomic E-state index is 12.6. The van der Waals surface area contributed by atoms with Crippen molar-refractivity contribution in [2.45, 2.75) is 25.7 Å². The summed E-state index contributed by atoms with van der Waals surface area (Å²) in [6, 6.07) is 5.09. The van der Waals surface area contributed by atoms with Gasteiger partial charge in [0.05, 0.1) is 24.6 Å². The highest BCUT2D eigenvalue weighted by molar-refractivity contribution is 5.99. The van der Waals surface area contributed by atoms with E-state index < -0.39 is 17.8 Å². The minimum atomic E-state index is -0.965. The van der Waals surface area contributed by atoms with Crippen LogP contribution in [0.15, 0.2) is 30.4 Å². The zero-order valence-corrected chi connectivity index (χ0v) is 14.6. The van der Waals surface area contributed by atoms with E-state index in [1.807, 2.05) is 6.08 Å². The van der Waals surface area contributed by atoms with Crippen molar-refractivity contribution in [3.8, 4) is 5.75 Å². The van der Waals surface area contributed by atoms with Gasteiger partial charge in [0.2, 0.25) is 11.8 Å². The lowest BCUT2D eigenvalue weighted by Gasteiger charge is -2.25. The second-order valence-electron chi connectivity index (χ2n) is 6.52. The number of hydrogen-bond acceptors (Lipinski definition) is 4. The average Bonchev–Trinajstić information content (AvgIpc) is 3.07. The summed E-state index contributed by atoms with van der Waals surface area (Å²) in [6.45, 7) is 0.612. The van der Waals surface area contributed by atoms with E-state index in [1.54, 1.807) is 29.2 Å². The number of carbonyl (C=O) groups is 3. The second kappa shape index (κ2) is 7.59. The molecule has 1 heterocycles. The largest absolute Gasteiger partial charge is 0.495 e. The predicted octanol–water partition coefficient (Wildman–Crippen LogP) is 2.43. The van der Waals surface area contributed by atoms with E-state index in [9.17, 15) is 19.5 Å². The molecular weight excluding hydrogens is 336 g/mol. The normalized spacial score (nSPS) is 22.3. The number of hydrogen-bond donors (Lipinski definition) is 2. The minimum Gasteiger partial charge on any atom is -0.495 e. The first-order valence-corrected chi connectivity index (χ1v) is 8.68. The molecule has 0 spiro atoms.